The first-order chi connectivity index (χ1) is 4.70. The Morgan fingerprint density at radius 2 is 2.40 bits per heavy atom. The molecule has 0 spiro atoms. The van der Waals surface area contributed by atoms with E-state index >= 15 is 0 Å². The lowest BCUT2D eigenvalue weighted by molar-refractivity contribution is -0.137. The third-order valence-corrected chi connectivity index (χ3v) is 0.982. The summed E-state index contributed by atoms with van der Waals surface area (Å²) in [5, 5.41) is 8.68. The van der Waals surface area contributed by atoms with Gasteiger partial charge in [0.1, 0.15) is 5.76 Å². The number of esters is 1. The van der Waals surface area contributed by atoms with Gasteiger partial charge in [-0.05, 0) is 6.92 Å². The maximum Gasteiger partial charge on any atom is 0.334 e. The molecule has 0 aromatic heterocycles. The van der Waals surface area contributed by atoms with E-state index in [0.29, 0.717) is 6.61 Å². The molecule has 3 nitrogen and oxygen atoms in total. The van der Waals surface area contributed by atoms with Crippen molar-refractivity contribution in [2.24, 2.45) is 0 Å². The van der Waals surface area contributed by atoms with Gasteiger partial charge in [-0.1, -0.05) is 0 Å². The number of carbonyl (C=O) groups is 1. The third-order valence-electron chi connectivity index (χ3n) is 0.708. The van der Waals surface area contributed by atoms with Crippen molar-refractivity contribution >= 4 is 17.6 Å². The second-order valence-electron chi connectivity index (χ2n) is 1.52. The van der Waals surface area contributed by atoms with E-state index in [2.05, 4.69) is 4.74 Å². The van der Waals surface area contributed by atoms with Gasteiger partial charge in [0.15, 0.2) is 0 Å². The molecular weight excluding hydrogens is 156 g/mol. The minimum absolute atomic E-state index is 0.0706. The summed E-state index contributed by atoms with van der Waals surface area (Å²) in [5.41, 5.74) is 0. The maximum absolute atomic E-state index is 10.5. The van der Waals surface area contributed by atoms with Crippen molar-refractivity contribution < 1.29 is 14.6 Å². The molecule has 0 rings (SSSR count). The van der Waals surface area contributed by atoms with E-state index in [1.54, 1.807) is 6.92 Å². The SMILES string of the molecule is CCOC(=O)/C=C(\O)CCl. The zero-order chi connectivity index (χ0) is 7.98. The van der Waals surface area contributed by atoms with Gasteiger partial charge in [-0.25, -0.2) is 4.79 Å². The number of alkyl halides is 1. The molecule has 0 aromatic rings. The number of ether oxygens (including phenoxy) is 1. The number of allylic oxidation sites excluding steroid dienone is 1. The van der Waals surface area contributed by atoms with Crippen LogP contribution in [0.5, 0.6) is 0 Å². The number of hydrogen-bond donors (Lipinski definition) is 1. The van der Waals surface area contributed by atoms with Crippen molar-refractivity contribution in [1.29, 1.82) is 0 Å². The van der Waals surface area contributed by atoms with E-state index in [1.807, 2.05) is 0 Å². The van der Waals surface area contributed by atoms with E-state index in [0.717, 1.165) is 6.08 Å². The first kappa shape index (κ1) is 9.30. The van der Waals surface area contributed by atoms with E-state index in [4.69, 9.17) is 16.7 Å². The third kappa shape index (κ3) is 4.21. The van der Waals surface area contributed by atoms with Gasteiger partial charge in [0.25, 0.3) is 0 Å². The molecule has 0 aliphatic carbocycles. The summed E-state index contributed by atoms with van der Waals surface area (Å²) in [6.07, 6.45) is 0.955. The molecule has 0 aromatic carbocycles. The highest BCUT2D eigenvalue weighted by Crippen LogP contribution is 1.92. The van der Waals surface area contributed by atoms with Crippen LogP contribution in [0.2, 0.25) is 0 Å². The first-order valence-electron chi connectivity index (χ1n) is 2.83. The first-order valence-corrected chi connectivity index (χ1v) is 3.36. The summed E-state index contributed by atoms with van der Waals surface area (Å²) < 4.78 is 4.48. The highest BCUT2D eigenvalue weighted by Gasteiger charge is 1.97. The Balaban J connectivity index is 3.75. The summed E-state index contributed by atoms with van der Waals surface area (Å²) in [7, 11) is 0. The van der Waals surface area contributed by atoms with Gasteiger partial charge in [0.2, 0.25) is 0 Å². The molecule has 0 bridgehead atoms. The molecular formula is C6H9ClO3. The number of hydrogen-bond acceptors (Lipinski definition) is 3. The fraction of sp³-hybridized carbons (Fsp3) is 0.500. The quantitative estimate of drug-likeness (QED) is 0.295. The van der Waals surface area contributed by atoms with E-state index in [9.17, 15) is 4.79 Å². The van der Waals surface area contributed by atoms with Gasteiger partial charge in [0.05, 0.1) is 18.6 Å². The van der Waals surface area contributed by atoms with Gasteiger partial charge in [-0.2, -0.15) is 0 Å². The van der Waals surface area contributed by atoms with Crippen molar-refractivity contribution in [3.8, 4) is 0 Å². The lowest BCUT2D eigenvalue weighted by Crippen LogP contribution is -2.01. The number of aliphatic hydroxyl groups is 1. The fourth-order valence-electron chi connectivity index (χ4n) is 0.359. The van der Waals surface area contributed by atoms with Crippen LogP contribution < -0.4 is 0 Å². The largest absolute Gasteiger partial charge is 0.511 e. The number of halogens is 1. The van der Waals surface area contributed by atoms with Gasteiger partial charge >= 0.3 is 5.97 Å². The molecule has 0 aliphatic rings. The zero-order valence-electron chi connectivity index (χ0n) is 5.63. The molecule has 0 unspecified atom stereocenters. The molecule has 0 fully saturated rings. The summed E-state index contributed by atoms with van der Waals surface area (Å²) in [5.74, 6) is -0.820. The Bertz CT molecular complexity index is 142. The molecule has 0 aliphatic heterocycles. The van der Waals surface area contributed by atoms with Crippen molar-refractivity contribution in [1.82, 2.24) is 0 Å². The Morgan fingerprint density at radius 3 is 2.80 bits per heavy atom. The predicted molar refractivity (Wildman–Crippen MR) is 38.1 cm³/mol. The van der Waals surface area contributed by atoms with Gasteiger partial charge in [-0.15, -0.1) is 11.6 Å². The molecule has 1 N–H and O–H groups in total. The van der Waals surface area contributed by atoms with Crippen LogP contribution in [0.25, 0.3) is 0 Å². The molecule has 0 saturated carbocycles. The molecule has 0 amide bonds. The van der Waals surface area contributed by atoms with Crippen molar-refractivity contribution in [3.05, 3.63) is 11.8 Å². The lowest BCUT2D eigenvalue weighted by atomic mass is 10.5. The van der Waals surface area contributed by atoms with Crippen LogP contribution in [0, 0.1) is 0 Å². The fourth-order valence-corrected chi connectivity index (χ4v) is 0.436. The van der Waals surface area contributed by atoms with E-state index in [-0.39, 0.29) is 11.6 Å². The highest BCUT2D eigenvalue weighted by molar-refractivity contribution is 6.19. The number of carbonyl (C=O) groups excluding carboxylic acids is 1. The van der Waals surface area contributed by atoms with Gasteiger partial charge in [0, 0.05) is 0 Å². The lowest BCUT2D eigenvalue weighted by Gasteiger charge is -1.95. The minimum atomic E-state index is -0.569. The summed E-state index contributed by atoms with van der Waals surface area (Å²) in [6, 6.07) is 0. The van der Waals surface area contributed by atoms with Crippen LogP contribution in [0.15, 0.2) is 11.8 Å². The van der Waals surface area contributed by atoms with Gasteiger partial charge < -0.3 is 9.84 Å². The Hall–Kier alpha value is -0.700. The highest BCUT2D eigenvalue weighted by atomic mass is 35.5. The molecule has 0 atom stereocenters. The van der Waals surface area contributed by atoms with Crippen LogP contribution in [-0.4, -0.2) is 23.6 Å². The number of aliphatic hydroxyl groups excluding tert-OH is 1. The van der Waals surface area contributed by atoms with Crippen LogP contribution in [0.4, 0.5) is 0 Å². The van der Waals surface area contributed by atoms with Crippen LogP contribution in [-0.2, 0) is 9.53 Å². The Kier molecular flexibility index (Phi) is 4.76. The molecule has 58 valence electrons. The standard InChI is InChI=1S/C6H9ClO3/c1-2-10-6(9)3-5(8)4-7/h3,8H,2,4H2,1H3/b5-3-. The average molecular weight is 165 g/mol. The summed E-state index contributed by atoms with van der Waals surface area (Å²) >= 11 is 5.17. The second kappa shape index (κ2) is 5.11. The second-order valence-corrected chi connectivity index (χ2v) is 1.79. The van der Waals surface area contributed by atoms with Crippen LogP contribution >= 0.6 is 11.6 Å². The predicted octanol–water partition coefficient (Wildman–Crippen LogP) is 1.23. The van der Waals surface area contributed by atoms with Gasteiger partial charge in [-0.3, -0.25) is 0 Å². The van der Waals surface area contributed by atoms with E-state index in [1.165, 1.54) is 0 Å². The van der Waals surface area contributed by atoms with Crippen molar-refractivity contribution in [2.45, 2.75) is 6.92 Å². The molecule has 0 saturated heterocycles. The van der Waals surface area contributed by atoms with Crippen LogP contribution in [0.1, 0.15) is 6.92 Å². The normalized spacial score (nSPS) is 11.2. The summed E-state index contributed by atoms with van der Waals surface area (Å²) in [6.45, 7) is 1.98. The van der Waals surface area contributed by atoms with E-state index < -0.39 is 5.97 Å². The molecule has 0 heterocycles. The smallest absolute Gasteiger partial charge is 0.334 e. The Labute approximate surface area is 64.2 Å². The van der Waals surface area contributed by atoms with Crippen LogP contribution in [0.3, 0.4) is 0 Å². The number of rotatable bonds is 3. The average Bonchev–Trinajstić information content (AvgIpc) is 1.88. The maximum atomic E-state index is 10.5. The topological polar surface area (TPSA) is 46.5 Å². The Morgan fingerprint density at radius 1 is 1.80 bits per heavy atom. The molecule has 10 heavy (non-hydrogen) atoms. The monoisotopic (exact) mass is 164 g/mol. The minimum Gasteiger partial charge on any atom is -0.511 e. The molecule has 0 radical (unpaired) electrons. The van der Waals surface area contributed by atoms with Crippen molar-refractivity contribution in [3.63, 3.8) is 0 Å². The zero-order valence-corrected chi connectivity index (χ0v) is 6.39. The van der Waals surface area contributed by atoms with Crippen molar-refractivity contribution in [2.75, 3.05) is 12.5 Å². The summed E-state index contributed by atoms with van der Waals surface area (Å²) in [4.78, 5) is 10.5. The molecule has 4 heteroatoms.